The second-order valence-corrected chi connectivity index (χ2v) is 6.57. The van der Waals surface area contributed by atoms with Crippen LogP contribution in [0.25, 0.3) is 0 Å². The number of hydrogen-bond donors (Lipinski definition) is 3. The van der Waals surface area contributed by atoms with Crippen molar-refractivity contribution in [2.45, 2.75) is 26.3 Å². The Hall–Kier alpha value is -2.11. The number of amides is 1. The highest BCUT2D eigenvalue weighted by Crippen LogP contribution is 2.20. The first kappa shape index (κ1) is 16.7. The molecule has 1 aliphatic rings. The number of likely N-dealkylation sites (tertiary alicyclic amines) is 1. The van der Waals surface area contributed by atoms with E-state index in [0.29, 0.717) is 18.1 Å². The van der Waals surface area contributed by atoms with Crippen molar-refractivity contribution in [2.75, 3.05) is 25.0 Å². The van der Waals surface area contributed by atoms with Crippen molar-refractivity contribution >= 4 is 11.6 Å². The van der Waals surface area contributed by atoms with E-state index >= 15 is 0 Å². The molecule has 1 aromatic heterocycles. The lowest BCUT2D eigenvalue weighted by Crippen LogP contribution is -2.34. The number of H-pyrrole nitrogens is 1. The van der Waals surface area contributed by atoms with Crippen molar-refractivity contribution < 1.29 is 9.90 Å². The topological polar surface area (TPSA) is 68.4 Å². The number of carbonyl (C=O) groups is 1. The van der Waals surface area contributed by atoms with Crippen LogP contribution in [0.2, 0.25) is 0 Å². The van der Waals surface area contributed by atoms with Gasteiger partial charge in [0.25, 0.3) is 5.91 Å². The summed E-state index contributed by atoms with van der Waals surface area (Å²) >= 11 is 0. The molecule has 0 bridgehead atoms. The first-order chi connectivity index (χ1) is 11.7. The molecule has 0 radical (unpaired) electrons. The van der Waals surface area contributed by atoms with Crippen molar-refractivity contribution in [3.8, 4) is 0 Å². The molecule has 1 amide bonds. The summed E-state index contributed by atoms with van der Waals surface area (Å²) in [6.07, 6.45) is 3.88. The highest BCUT2D eigenvalue weighted by Gasteiger charge is 2.18. The minimum atomic E-state index is -0.0883. The van der Waals surface area contributed by atoms with Crippen LogP contribution in [0.4, 0.5) is 5.69 Å². The van der Waals surface area contributed by atoms with Crippen LogP contribution in [0.5, 0.6) is 0 Å². The Balaban J connectivity index is 1.60. The smallest absolute Gasteiger partial charge is 0.257 e. The molecule has 5 heteroatoms. The minimum absolute atomic E-state index is 0.0883. The van der Waals surface area contributed by atoms with E-state index in [1.807, 2.05) is 25.1 Å². The molecule has 2 heterocycles. The Kier molecular flexibility index (Phi) is 5.33. The second-order valence-electron chi connectivity index (χ2n) is 6.57. The normalized spacial score (nSPS) is 16.2. The predicted octanol–water partition coefficient (Wildman–Crippen LogP) is 2.78. The first-order valence-corrected chi connectivity index (χ1v) is 8.53. The molecule has 0 atom stereocenters. The van der Waals surface area contributed by atoms with Crippen LogP contribution in [0.3, 0.4) is 0 Å². The van der Waals surface area contributed by atoms with Gasteiger partial charge in [0.1, 0.15) is 0 Å². The van der Waals surface area contributed by atoms with E-state index in [2.05, 4.69) is 21.3 Å². The molecule has 5 nitrogen and oxygen atoms in total. The van der Waals surface area contributed by atoms with E-state index in [1.54, 1.807) is 12.3 Å². The fourth-order valence-electron chi connectivity index (χ4n) is 3.23. The van der Waals surface area contributed by atoms with Gasteiger partial charge in [-0.05, 0) is 62.5 Å². The Labute approximate surface area is 142 Å². The number of hydrogen-bond acceptors (Lipinski definition) is 3. The number of rotatable bonds is 5. The molecule has 3 N–H and O–H groups in total. The third-order valence-electron chi connectivity index (χ3n) is 4.75. The van der Waals surface area contributed by atoms with E-state index in [1.165, 1.54) is 5.56 Å². The Morgan fingerprint density at radius 1 is 1.33 bits per heavy atom. The third-order valence-corrected chi connectivity index (χ3v) is 4.75. The molecule has 0 saturated carbocycles. The zero-order chi connectivity index (χ0) is 16.9. The number of aryl methyl sites for hydroxylation is 1. The first-order valence-electron chi connectivity index (χ1n) is 8.53. The van der Waals surface area contributed by atoms with Crippen molar-refractivity contribution in [3.05, 3.63) is 53.3 Å². The molecule has 0 spiro atoms. The fourth-order valence-corrected chi connectivity index (χ4v) is 3.23. The number of aliphatic hydroxyl groups excluding tert-OH is 1. The van der Waals surface area contributed by atoms with E-state index in [0.717, 1.165) is 43.9 Å². The summed E-state index contributed by atoms with van der Waals surface area (Å²) in [6, 6.07) is 9.82. The highest BCUT2D eigenvalue weighted by atomic mass is 16.3. The number of aromatic nitrogens is 1. The van der Waals surface area contributed by atoms with Crippen LogP contribution in [0, 0.1) is 12.8 Å². The van der Waals surface area contributed by atoms with E-state index in [9.17, 15) is 9.90 Å². The molecule has 0 unspecified atom stereocenters. The van der Waals surface area contributed by atoms with Gasteiger partial charge in [-0.3, -0.25) is 9.69 Å². The van der Waals surface area contributed by atoms with Crippen LogP contribution in [-0.2, 0) is 6.54 Å². The maximum Gasteiger partial charge on any atom is 0.257 e. The molecular formula is C19H25N3O2. The average Bonchev–Trinajstić information content (AvgIpc) is 3.02. The largest absolute Gasteiger partial charge is 0.396 e. The lowest BCUT2D eigenvalue weighted by atomic mass is 9.97. The fraction of sp³-hybridized carbons (Fsp3) is 0.421. The summed E-state index contributed by atoms with van der Waals surface area (Å²) in [6.45, 7) is 5.11. The quantitative estimate of drug-likeness (QED) is 0.791. The number of piperidine rings is 1. The van der Waals surface area contributed by atoms with Crippen molar-refractivity contribution in [1.82, 2.24) is 9.88 Å². The van der Waals surface area contributed by atoms with Gasteiger partial charge in [-0.25, -0.2) is 0 Å². The van der Waals surface area contributed by atoms with Gasteiger partial charge in [-0.1, -0.05) is 12.1 Å². The molecule has 1 saturated heterocycles. The van der Waals surface area contributed by atoms with Gasteiger partial charge in [0.05, 0.1) is 5.56 Å². The lowest BCUT2D eigenvalue weighted by Gasteiger charge is -2.31. The summed E-state index contributed by atoms with van der Waals surface area (Å²) in [5.74, 6) is 0.367. The van der Waals surface area contributed by atoms with Crippen LogP contribution < -0.4 is 5.32 Å². The molecule has 1 fully saturated rings. The van der Waals surface area contributed by atoms with Crippen LogP contribution in [-0.4, -0.2) is 40.6 Å². The number of aliphatic hydroxyl groups is 1. The number of aromatic amines is 1. The summed E-state index contributed by atoms with van der Waals surface area (Å²) in [4.78, 5) is 17.7. The van der Waals surface area contributed by atoms with Gasteiger partial charge < -0.3 is 15.4 Å². The number of carbonyl (C=O) groups excluding carboxylic acids is 1. The lowest BCUT2D eigenvalue weighted by molar-refractivity contribution is 0.102. The highest BCUT2D eigenvalue weighted by molar-refractivity contribution is 6.05. The number of nitrogens with zero attached hydrogens (tertiary/aromatic N) is 1. The van der Waals surface area contributed by atoms with E-state index in [-0.39, 0.29) is 5.91 Å². The zero-order valence-corrected chi connectivity index (χ0v) is 14.1. The van der Waals surface area contributed by atoms with Crippen molar-refractivity contribution in [1.29, 1.82) is 0 Å². The molecule has 1 aliphatic heterocycles. The summed E-state index contributed by atoms with van der Waals surface area (Å²) in [5.41, 5.74) is 3.56. The predicted molar refractivity (Wildman–Crippen MR) is 95.0 cm³/mol. The van der Waals surface area contributed by atoms with Crippen LogP contribution >= 0.6 is 0 Å². The zero-order valence-electron chi connectivity index (χ0n) is 14.1. The maximum absolute atomic E-state index is 12.3. The van der Waals surface area contributed by atoms with Crippen LogP contribution in [0.1, 0.15) is 34.5 Å². The number of benzene rings is 1. The van der Waals surface area contributed by atoms with E-state index < -0.39 is 0 Å². The monoisotopic (exact) mass is 327 g/mol. The Morgan fingerprint density at radius 3 is 2.79 bits per heavy atom. The van der Waals surface area contributed by atoms with E-state index in [4.69, 9.17) is 0 Å². The van der Waals surface area contributed by atoms with Crippen molar-refractivity contribution in [2.24, 2.45) is 5.92 Å². The molecular weight excluding hydrogens is 302 g/mol. The second kappa shape index (κ2) is 7.64. The molecule has 24 heavy (non-hydrogen) atoms. The van der Waals surface area contributed by atoms with Crippen LogP contribution in [0.15, 0.2) is 36.5 Å². The van der Waals surface area contributed by atoms with Crippen molar-refractivity contribution in [3.63, 3.8) is 0 Å². The number of nitrogens with one attached hydrogen (secondary N) is 2. The van der Waals surface area contributed by atoms with Gasteiger partial charge in [0.2, 0.25) is 0 Å². The Morgan fingerprint density at radius 2 is 2.12 bits per heavy atom. The summed E-state index contributed by atoms with van der Waals surface area (Å²) < 4.78 is 0. The summed E-state index contributed by atoms with van der Waals surface area (Å²) in [5, 5.41) is 12.2. The Bertz CT molecular complexity index is 687. The van der Waals surface area contributed by atoms with Gasteiger partial charge in [-0.15, -0.1) is 0 Å². The van der Waals surface area contributed by atoms with Gasteiger partial charge >= 0.3 is 0 Å². The average molecular weight is 327 g/mol. The third kappa shape index (κ3) is 4.04. The van der Waals surface area contributed by atoms with Gasteiger partial charge in [-0.2, -0.15) is 0 Å². The summed E-state index contributed by atoms with van der Waals surface area (Å²) in [7, 11) is 0. The van der Waals surface area contributed by atoms with Gasteiger partial charge in [0, 0.05) is 30.7 Å². The number of anilines is 1. The van der Waals surface area contributed by atoms with Gasteiger partial charge in [0.15, 0.2) is 0 Å². The molecule has 128 valence electrons. The molecule has 1 aromatic carbocycles. The molecule has 0 aliphatic carbocycles. The minimum Gasteiger partial charge on any atom is -0.396 e. The standard InChI is InChI=1S/C19H25N3O2/c1-14-18(5-8-20-14)19(24)21-17-4-2-3-16(11-17)12-22-9-6-15(13-23)7-10-22/h2-5,8,11,15,20,23H,6-7,9-10,12-13H2,1H3,(H,21,24). The molecule has 2 aromatic rings. The SMILES string of the molecule is Cc1[nH]ccc1C(=O)Nc1cccc(CN2CCC(CO)CC2)c1. The maximum atomic E-state index is 12.3. The molecule has 3 rings (SSSR count).